The summed E-state index contributed by atoms with van der Waals surface area (Å²) in [5.74, 6) is 5.55. The van der Waals surface area contributed by atoms with Gasteiger partial charge in [-0.3, -0.25) is 0 Å². The van der Waals surface area contributed by atoms with Crippen molar-refractivity contribution in [3.63, 3.8) is 0 Å². The lowest BCUT2D eigenvalue weighted by Gasteiger charge is -2.10. The highest BCUT2D eigenvalue weighted by atomic mass is 79.9. The number of hydrogen-bond acceptors (Lipinski definition) is 0. The van der Waals surface area contributed by atoms with E-state index in [-0.39, 0.29) is 5.56 Å². The predicted octanol–water partition coefficient (Wildman–Crippen LogP) is 4.15. The molecule has 86 valence electrons. The highest BCUT2D eigenvalue weighted by Crippen LogP contribution is 2.32. The maximum Gasteiger partial charge on any atom is 0.416 e. The van der Waals surface area contributed by atoms with Crippen LogP contribution in [0.5, 0.6) is 0 Å². The molecule has 0 bridgehead atoms. The molecule has 0 saturated carbocycles. The molecule has 0 spiro atoms. The van der Waals surface area contributed by atoms with Gasteiger partial charge in [0.05, 0.1) is 5.56 Å². The Morgan fingerprint density at radius 3 is 2.56 bits per heavy atom. The Morgan fingerprint density at radius 2 is 2.00 bits per heavy atom. The summed E-state index contributed by atoms with van der Waals surface area (Å²) in [6.45, 7) is 1.45. The predicted molar refractivity (Wildman–Crippen MR) is 61.5 cm³/mol. The number of halogens is 4. The average molecular weight is 291 g/mol. The van der Waals surface area contributed by atoms with Crippen LogP contribution in [0.4, 0.5) is 13.2 Å². The van der Waals surface area contributed by atoms with E-state index in [1.807, 2.05) is 0 Å². The van der Waals surface area contributed by atoms with Crippen molar-refractivity contribution < 1.29 is 13.2 Å². The van der Waals surface area contributed by atoms with Gasteiger partial charge in [0.25, 0.3) is 0 Å². The van der Waals surface area contributed by atoms with Gasteiger partial charge in [0.1, 0.15) is 0 Å². The summed E-state index contributed by atoms with van der Waals surface area (Å²) in [6.07, 6.45) is -3.69. The Bertz CT molecular complexity index is 424. The Labute approximate surface area is 101 Å². The molecule has 0 heterocycles. The van der Waals surface area contributed by atoms with Crippen molar-refractivity contribution in [1.82, 2.24) is 0 Å². The van der Waals surface area contributed by atoms with Gasteiger partial charge in [-0.15, -0.1) is 0 Å². The second-order valence-corrected chi connectivity index (χ2v) is 4.01. The second-order valence-electron chi connectivity index (χ2n) is 3.22. The molecule has 1 aromatic rings. The second kappa shape index (κ2) is 5.40. The number of alkyl halides is 4. The third-order valence-electron chi connectivity index (χ3n) is 2.08. The van der Waals surface area contributed by atoms with Crippen LogP contribution in [-0.4, -0.2) is 5.33 Å². The Balaban J connectivity index is 3.11. The molecular formula is C12H10BrF3. The summed E-state index contributed by atoms with van der Waals surface area (Å²) in [6, 6.07) is 4.06. The average Bonchev–Trinajstić information content (AvgIpc) is 2.19. The van der Waals surface area contributed by atoms with Crippen LogP contribution in [0.15, 0.2) is 18.2 Å². The monoisotopic (exact) mass is 290 g/mol. The number of benzene rings is 1. The van der Waals surface area contributed by atoms with Gasteiger partial charge >= 0.3 is 6.18 Å². The summed E-state index contributed by atoms with van der Waals surface area (Å²) in [7, 11) is 0. The minimum absolute atomic E-state index is 0.192. The van der Waals surface area contributed by atoms with Crippen LogP contribution in [0.1, 0.15) is 23.1 Å². The molecule has 0 unspecified atom stereocenters. The first-order valence-corrected chi connectivity index (χ1v) is 5.80. The van der Waals surface area contributed by atoms with Crippen molar-refractivity contribution in [3.05, 3.63) is 34.9 Å². The zero-order valence-electron chi connectivity index (χ0n) is 8.66. The van der Waals surface area contributed by atoms with Gasteiger partial charge in [0.15, 0.2) is 0 Å². The van der Waals surface area contributed by atoms with Crippen LogP contribution in [-0.2, 0) is 6.18 Å². The fourth-order valence-corrected chi connectivity index (χ4v) is 1.48. The van der Waals surface area contributed by atoms with Crippen molar-refractivity contribution in [1.29, 1.82) is 0 Å². The van der Waals surface area contributed by atoms with E-state index in [1.165, 1.54) is 13.0 Å². The van der Waals surface area contributed by atoms with Crippen molar-refractivity contribution in [2.24, 2.45) is 0 Å². The molecule has 0 fully saturated rings. The fraction of sp³-hybridized carbons (Fsp3) is 0.333. The summed E-state index contributed by atoms with van der Waals surface area (Å²) in [5.41, 5.74) is 0.0194. The molecule has 0 nitrogen and oxygen atoms in total. The number of hydrogen-bond donors (Lipinski definition) is 0. The van der Waals surface area contributed by atoms with Gasteiger partial charge in [0.2, 0.25) is 0 Å². The van der Waals surface area contributed by atoms with Crippen LogP contribution in [0.3, 0.4) is 0 Å². The van der Waals surface area contributed by atoms with Gasteiger partial charge in [-0.2, -0.15) is 13.2 Å². The first-order chi connectivity index (χ1) is 7.46. The zero-order valence-corrected chi connectivity index (χ0v) is 10.2. The van der Waals surface area contributed by atoms with Gasteiger partial charge < -0.3 is 0 Å². The standard InChI is InChI=1S/C12H10BrF3/c1-9-10(5-2-3-8-13)6-4-7-11(9)12(14,15)16/h4,6-7H,3,8H2,1H3. The highest BCUT2D eigenvalue weighted by molar-refractivity contribution is 9.09. The minimum Gasteiger partial charge on any atom is -0.166 e. The molecule has 4 heteroatoms. The van der Waals surface area contributed by atoms with Crippen LogP contribution in [0.25, 0.3) is 0 Å². The molecule has 0 saturated heterocycles. The minimum atomic E-state index is -4.31. The molecule has 0 radical (unpaired) electrons. The normalized spacial score (nSPS) is 10.8. The topological polar surface area (TPSA) is 0 Å². The quantitative estimate of drug-likeness (QED) is 0.538. The summed E-state index contributed by atoms with van der Waals surface area (Å²) < 4.78 is 37.7. The first-order valence-electron chi connectivity index (χ1n) is 4.68. The van der Waals surface area contributed by atoms with Crippen LogP contribution in [0.2, 0.25) is 0 Å². The molecule has 0 aliphatic heterocycles. The molecule has 1 rings (SSSR count). The molecule has 0 atom stereocenters. The molecule has 0 aliphatic carbocycles. The summed E-state index contributed by atoms with van der Waals surface area (Å²) in [5, 5.41) is 0.720. The maximum atomic E-state index is 12.6. The van der Waals surface area contributed by atoms with E-state index in [2.05, 4.69) is 27.8 Å². The largest absolute Gasteiger partial charge is 0.416 e. The summed E-state index contributed by atoms with van der Waals surface area (Å²) in [4.78, 5) is 0. The van der Waals surface area contributed by atoms with Crippen LogP contribution < -0.4 is 0 Å². The van der Waals surface area contributed by atoms with Crippen molar-refractivity contribution in [2.75, 3.05) is 5.33 Å². The Kier molecular flexibility index (Phi) is 4.43. The fourth-order valence-electron chi connectivity index (χ4n) is 1.28. The van der Waals surface area contributed by atoms with E-state index >= 15 is 0 Å². The Hall–Kier alpha value is -0.950. The van der Waals surface area contributed by atoms with Crippen molar-refractivity contribution in [2.45, 2.75) is 19.5 Å². The molecule has 0 aliphatic rings. The van der Waals surface area contributed by atoms with Crippen molar-refractivity contribution in [3.8, 4) is 11.8 Å². The van der Waals surface area contributed by atoms with Crippen molar-refractivity contribution >= 4 is 15.9 Å². The van der Waals surface area contributed by atoms with E-state index in [0.717, 1.165) is 11.4 Å². The SMILES string of the molecule is Cc1c(C#CCCBr)cccc1C(F)(F)F. The third-order valence-corrected chi connectivity index (χ3v) is 2.48. The lowest BCUT2D eigenvalue weighted by molar-refractivity contribution is -0.138. The Morgan fingerprint density at radius 1 is 1.31 bits per heavy atom. The van der Waals surface area contributed by atoms with E-state index in [0.29, 0.717) is 12.0 Å². The highest BCUT2D eigenvalue weighted by Gasteiger charge is 2.32. The smallest absolute Gasteiger partial charge is 0.166 e. The van der Waals surface area contributed by atoms with E-state index in [9.17, 15) is 13.2 Å². The van der Waals surface area contributed by atoms with E-state index in [1.54, 1.807) is 6.07 Å². The number of rotatable bonds is 1. The lowest BCUT2D eigenvalue weighted by Crippen LogP contribution is -2.08. The molecule has 0 amide bonds. The zero-order chi connectivity index (χ0) is 12.2. The molecule has 16 heavy (non-hydrogen) atoms. The maximum absolute atomic E-state index is 12.6. The molecule has 0 aromatic heterocycles. The summed E-state index contributed by atoms with van der Waals surface area (Å²) >= 11 is 3.21. The van der Waals surface area contributed by atoms with Crippen LogP contribution in [0, 0.1) is 18.8 Å². The molecular weight excluding hydrogens is 281 g/mol. The molecule has 1 aromatic carbocycles. The van der Waals surface area contributed by atoms with Gasteiger partial charge in [0, 0.05) is 17.3 Å². The van der Waals surface area contributed by atoms with Crippen LogP contribution >= 0.6 is 15.9 Å². The van der Waals surface area contributed by atoms with Gasteiger partial charge in [-0.25, -0.2) is 0 Å². The van der Waals surface area contributed by atoms with E-state index < -0.39 is 11.7 Å². The van der Waals surface area contributed by atoms with Gasteiger partial charge in [-0.05, 0) is 24.6 Å². The first kappa shape index (κ1) is 13.1. The molecule has 0 N–H and O–H groups in total. The van der Waals surface area contributed by atoms with Gasteiger partial charge in [-0.1, -0.05) is 33.8 Å². The van der Waals surface area contributed by atoms with E-state index in [4.69, 9.17) is 0 Å². The lowest BCUT2D eigenvalue weighted by atomic mass is 10.0. The third kappa shape index (κ3) is 3.28.